The molecule has 0 saturated heterocycles. The van der Waals surface area contributed by atoms with Gasteiger partial charge in [0.15, 0.2) is 0 Å². The maximum atomic E-state index is 11.7. The molecule has 0 fully saturated rings. The van der Waals surface area contributed by atoms with E-state index in [0.717, 1.165) is 16.6 Å². The molecule has 10 nitrogen and oxygen atoms in total. The minimum absolute atomic E-state index is 0.0619. The smallest absolute Gasteiger partial charge is 0.408 e. The number of alkyl carbamates (subject to hydrolysis) is 1. The molecule has 0 bridgehead atoms. The fraction of sp³-hybridized carbons (Fsp3) is 0.800. The third-order valence-corrected chi connectivity index (χ3v) is 9.95. The highest BCUT2D eigenvalue weighted by Gasteiger charge is 2.03. The molecule has 0 aliphatic carbocycles. The largest absolute Gasteiger partial charge is 0.438 e. The number of hydrogen-bond donors (Lipinski definition) is 4. The summed E-state index contributed by atoms with van der Waals surface area (Å²) in [6, 6.07) is 0. The Morgan fingerprint density at radius 1 is 0.818 bits per heavy atom. The Bertz CT molecular complexity index is 500. The summed E-state index contributed by atoms with van der Waals surface area (Å²) in [7, 11) is 0. The molecule has 18 heteroatoms. The number of rotatable bonds is 23. The van der Waals surface area contributed by atoms with Gasteiger partial charge in [0, 0.05) is 26.8 Å². The second-order valence-corrected chi connectivity index (χ2v) is 13.8. The fourth-order valence-corrected chi connectivity index (χ4v) is 6.97. The number of aliphatic hydroxyl groups excluding tert-OH is 2. The average Bonchev–Trinajstić information content (AvgIpc) is 2.81. The number of carbonyl (C=O) groups is 2. The van der Waals surface area contributed by atoms with Gasteiger partial charge in [-0.15, -0.1) is 82.3 Å². The molecule has 33 heavy (non-hydrogen) atoms. The van der Waals surface area contributed by atoms with Gasteiger partial charge in [0.25, 0.3) is 5.24 Å². The second kappa shape index (κ2) is 29.1. The highest BCUT2D eigenvalue weighted by molar-refractivity contribution is 8.24. The van der Waals surface area contributed by atoms with Crippen molar-refractivity contribution in [2.75, 3.05) is 68.1 Å². The highest BCUT2D eigenvalue weighted by atomic mass is 32.2. The number of nitrogens with one attached hydrogen (secondary N) is 2. The summed E-state index contributed by atoms with van der Waals surface area (Å²) in [5.41, 5.74) is 0. The van der Waals surface area contributed by atoms with Crippen molar-refractivity contribution in [3.05, 3.63) is 0 Å². The van der Waals surface area contributed by atoms with E-state index in [1.807, 2.05) is 0 Å². The Hall–Kier alpha value is 0.890. The number of aliphatic imine (C=N–C) groups is 1. The summed E-state index contributed by atoms with van der Waals surface area (Å²) in [6.45, 7) is 0. The number of ether oxygens (including phenoxy) is 1. The molecule has 0 aromatic carbocycles. The quantitative estimate of drug-likeness (QED) is 0.0329. The molecular formula is C15H29N3O7S8. The third-order valence-electron chi connectivity index (χ3n) is 2.55. The van der Waals surface area contributed by atoms with E-state index in [1.54, 1.807) is 23.5 Å². The predicted octanol–water partition coefficient (Wildman–Crippen LogP) is 3.82. The summed E-state index contributed by atoms with van der Waals surface area (Å²) >= 11 is 11.6. The van der Waals surface area contributed by atoms with Crippen molar-refractivity contribution >= 4 is 112 Å². The van der Waals surface area contributed by atoms with Crippen molar-refractivity contribution in [3.8, 4) is 0 Å². The lowest BCUT2D eigenvalue weighted by Crippen LogP contribution is -2.24. The molecule has 194 valence electrons. The summed E-state index contributed by atoms with van der Waals surface area (Å²) in [6.07, 6.45) is 0.771. The van der Waals surface area contributed by atoms with Crippen LogP contribution in [-0.2, 0) is 14.5 Å². The monoisotopic (exact) mass is 619 g/mol. The Balaban J connectivity index is 3.30. The van der Waals surface area contributed by atoms with Crippen molar-refractivity contribution in [3.63, 3.8) is 0 Å². The number of hydrogen-bond acceptors (Lipinski definition) is 16. The van der Waals surface area contributed by atoms with Crippen LogP contribution < -0.4 is 10.6 Å². The van der Waals surface area contributed by atoms with Crippen LogP contribution in [0.1, 0.15) is 0 Å². The van der Waals surface area contributed by atoms with Gasteiger partial charge < -0.3 is 30.5 Å². The first kappa shape index (κ1) is 33.9. The molecule has 0 heterocycles. The van der Waals surface area contributed by atoms with Gasteiger partial charge in [0.2, 0.25) is 6.40 Å². The van der Waals surface area contributed by atoms with E-state index in [-0.39, 0.29) is 23.1 Å². The zero-order valence-electron chi connectivity index (χ0n) is 17.7. The van der Waals surface area contributed by atoms with Crippen LogP contribution in [0.15, 0.2) is 4.99 Å². The normalized spacial score (nSPS) is 11.0. The lowest BCUT2D eigenvalue weighted by Gasteiger charge is -2.06. The highest BCUT2D eigenvalue weighted by Crippen LogP contribution is 2.15. The summed E-state index contributed by atoms with van der Waals surface area (Å²) < 4.78 is 4.97. The van der Waals surface area contributed by atoms with E-state index < -0.39 is 6.09 Å². The number of thioether (sulfide) groups is 8. The van der Waals surface area contributed by atoms with Crippen LogP contribution in [0, 0.1) is 0 Å². The van der Waals surface area contributed by atoms with Crippen LogP contribution in [0.3, 0.4) is 0 Å². The molecule has 0 radical (unpaired) electrons. The average molecular weight is 620 g/mol. The van der Waals surface area contributed by atoms with Crippen molar-refractivity contribution in [1.29, 1.82) is 0 Å². The van der Waals surface area contributed by atoms with E-state index in [2.05, 4.69) is 15.6 Å². The molecule has 0 aliphatic rings. The van der Waals surface area contributed by atoms with E-state index >= 15 is 0 Å². The maximum Gasteiger partial charge on any atom is 0.408 e. The molecule has 0 saturated carbocycles. The van der Waals surface area contributed by atoms with Gasteiger partial charge in [-0.05, 0) is 0 Å². The third kappa shape index (κ3) is 29.0. The van der Waals surface area contributed by atoms with Gasteiger partial charge in [0.1, 0.15) is 11.9 Å². The first-order chi connectivity index (χ1) is 16.2. The molecule has 0 aromatic heterocycles. The van der Waals surface area contributed by atoms with Crippen molar-refractivity contribution in [2.24, 2.45) is 4.99 Å². The summed E-state index contributed by atoms with van der Waals surface area (Å²) in [4.78, 5) is 36.7. The molecule has 0 aromatic rings. The number of nitrogens with zero attached hydrogens (tertiary/aromatic N) is 1. The Morgan fingerprint density at radius 2 is 1.52 bits per heavy atom. The first-order valence-electron chi connectivity index (χ1n) is 9.04. The van der Waals surface area contributed by atoms with Gasteiger partial charge in [-0.1, -0.05) is 11.8 Å². The van der Waals surface area contributed by atoms with Crippen LogP contribution in [0.5, 0.6) is 0 Å². The molecule has 0 rings (SSSR count). The number of amides is 2. The fourth-order valence-electron chi connectivity index (χ4n) is 1.27. The van der Waals surface area contributed by atoms with Gasteiger partial charge in [0.05, 0.1) is 29.5 Å². The summed E-state index contributed by atoms with van der Waals surface area (Å²) in [5, 5.41) is 24.6. The SMILES string of the molecule is O=C(NCSCCSCSC(=O)NCSCN=COOCSCSCO)OCSCSCO. The number of carbonyl (C=O) groups excluding carboxylic acids is 2. The van der Waals surface area contributed by atoms with E-state index in [0.29, 0.717) is 33.7 Å². The van der Waals surface area contributed by atoms with E-state index in [4.69, 9.17) is 24.7 Å². The Labute approximate surface area is 228 Å². The molecule has 0 aliphatic heterocycles. The molecule has 0 atom stereocenters. The topological polar surface area (TPSA) is 139 Å². The van der Waals surface area contributed by atoms with Crippen LogP contribution in [-0.4, -0.2) is 96.1 Å². The van der Waals surface area contributed by atoms with Crippen LogP contribution in [0.25, 0.3) is 0 Å². The van der Waals surface area contributed by atoms with Gasteiger partial charge in [-0.25, -0.2) is 9.79 Å². The molecule has 4 N–H and O–H groups in total. The Kier molecular flexibility index (Phi) is 29.9. The Morgan fingerprint density at radius 3 is 2.27 bits per heavy atom. The number of aliphatic hydroxyl groups is 2. The van der Waals surface area contributed by atoms with Crippen molar-refractivity contribution < 1.29 is 34.3 Å². The molecule has 0 unspecified atom stereocenters. The minimum atomic E-state index is -0.447. The van der Waals surface area contributed by atoms with Gasteiger partial charge in [-0.2, -0.15) is 4.89 Å². The standard InChI is InChI=1S/C15H29N3O7S8/c19-7-29-11-31-9-23-14(21)17-5-26-1-2-27-13-33-15(22)18-6-28-4-16-3-24-25-10-32-12-30-8-20/h3,19-20H,1-2,4-13H2,(H,17,21)(H,18,22). The van der Waals surface area contributed by atoms with E-state index in [9.17, 15) is 9.59 Å². The predicted molar refractivity (Wildman–Crippen MR) is 152 cm³/mol. The minimum Gasteiger partial charge on any atom is -0.438 e. The summed E-state index contributed by atoms with van der Waals surface area (Å²) in [5.74, 6) is 3.88. The van der Waals surface area contributed by atoms with Crippen LogP contribution >= 0.6 is 94.1 Å². The van der Waals surface area contributed by atoms with Crippen molar-refractivity contribution in [2.45, 2.75) is 0 Å². The second-order valence-electron chi connectivity index (χ2n) is 4.82. The van der Waals surface area contributed by atoms with Crippen molar-refractivity contribution in [1.82, 2.24) is 10.6 Å². The lowest BCUT2D eigenvalue weighted by molar-refractivity contribution is -0.196. The molecule has 0 spiro atoms. The van der Waals surface area contributed by atoms with Gasteiger partial charge in [-0.3, -0.25) is 4.79 Å². The van der Waals surface area contributed by atoms with Crippen LogP contribution in [0.2, 0.25) is 0 Å². The lowest BCUT2D eigenvalue weighted by atomic mass is 11.0. The first-order valence-corrected chi connectivity index (χ1v) is 18.1. The zero-order chi connectivity index (χ0) is 24.2. The molecule has 2 amide bonds. The molecular weight excluding hydrogens is 591 g/mol. The zero-order valence-corrected chi connectivity index (χ0v) is 24.2. The van der Waals surface area contributed by atoms with E-state index in [1.165, 1.54) is 77.0 Å². The van der Waals surface area contributed by atoms with Crippen LogP contribution in [0.4, 0.5) is 9.59 Å². The van der Waals surface area contributed by atoms with Gasteiger partial charge >= 0.3 is 6.09 Å². The maximum absolute atomic E-state index is 11.7.